The number of rotatable bonds is 11. The van der Waals surface area contributed by atoms with E-state index in [0.29, 0.717) is 54.1 Å². The van der Waals surface area contributed by atoms with Crippen LogP contribution in [0.2, 0.25) is 0 Å². The molecule has 1 aromatic heterocycles. The topological polar surface area (TPSA) is 167 Å². The summed E-state index contributed by atoms with van der Waals surface area (Å²) in [4.78, 5) is 30.8. The number of amides is 1. The molecule has 0 spiro atoms. The van der Waals surface area contributed by atoms with Crippen LogP contribution in [0.4, 0.5) is 0 Å². The minimum Gasteiger partial charge on any atom is -0.440 e. The van der Waals surface area contributed by atoms with Gasteiger partial charge in [-0.05, 0) is 31.0 Å². The molecule has 3 aromatic rings. The molecule has 13 heteroatoms. The van der Waals surface area contributed by atoms with Crippen LogP contribution >= 0.6 is 0 Å². The number of H-pyrrole nitrogens is 1. The zero-order valence-electron chi connectivity index (χ0n) is 22.1. The molecule has 0 aliphatic carbocycles. The number of aromatic amines is 1. The summed E-state index contributed by atoms with van der Waals surface area (Å²) < 4.78 is 35.0. The summed E-state index contributed by atoms with van der Waals surface area (Å²) in [5.41, 5.74) is 1.90. The first-order chi connectivity index (χ1) is 18.7. The summed E-state index contributed by atoms with van der Waals surface area (Å²) in [7, 11) is -4.15. The summed E-state index contributed by atoms with van der Waals surface area (Å²) in [5, 5.41) is 16.3. The second-order valence-electron chi connectivity index (χ2n) is 9.26. The van der Waals surface area contributed by atoms with Gasteiger partial charge in [0.2, 0.25) is 10.0 Å². The Kier molecular flexibility index (Phi) is 8.82. The molecule has 1 aliphatic heterocycles. The first-order valence-corrected chi connectivity index (χ1v) is 14.2. The third-order valence-electron chi connectivity index (χ3n) is 6.23. The van der Waals surface area contributed by atoms with E-state index >= 15 is 0 Å². The Balaban J connectivity index is 1.57. The zero-order chi connectivity index (χ0) is 28.0. The SMILES string of the molecule is CCCC(NC1=NCCN1)OC(=O)C(CNC(=O)c1cccc2cn[nH]c12)NS(=O)(=O)c1c(C)cccc1C. The monoisotopic (exact) mass is 555 g/mol. The van der Waals surface area contributed by atoms with Gasteiger partial charge in [-0.3, -0.25) is 19.7 Å². The van der Waals surface area contributed by atoms with Crippen molar-refractivity contribution in [2.24, 2.45) is 4.99 Å². The van der Waals surface area contributed by atoms with Crippen LogP contribution in [0, 0.1) is 13.8 Å². The smallest absolute Gasteiger partial charge is 0.327 e. The molecule has 2 aromatic carbocycles. The van der Waals surface area contributed by atoms with Crippen LogP contribution in [0.5, 0.6) is 0 Å². The summed E-state index contributed by atoms with van der Waals surface area (Å²) in [5.74, 6) is -0.828. The molecule has 1 aliphatic rings. The average molecular weight is 556 g/mol. The van der Waals surface area contributed by atoms with E-state index < -0.39 is 34.2 Å². The van der Waals surface area contributed by atoms with Gasteiger partial charge in [0.1, 0.15) is 6.04 Å². The molecule has 2 unspecified atom stereocenters. The highest BCUT2D eigenvalue weighted by Gasteiger charge is 2.31. The number of esters is 1. The number of sulfonamides is 1. The van der Waals surface area contributed by atoms with Crippen molar-refractivity contribution in [2.75, 3.05) is 19.6 Å². The van der Waals surface area contributed by atoms with E-state index in [4.69, 9.17) is 4.74 Å². The van der Waals surface area contributed by atoms with E-state index in [-0.39, 0.29) is 11.4 Å². The molecule has 0 fully saturated rings. The molecule has 0 saturated heterocycles. The number of carbonyl (C=O) groups is 2. The Morgan fingerprint density at radius 2 is 1.87 bits per heavy atom. The molecule has 2 atom stereocenters. The predicted octanol–water partition coefficient (Wildman–Crippen LogP) is 1.47. The summed E-state index contributed by atoms with van der Waals surface area (Å²) in [6, 6.07) is 8.84. The third kappa shape index (κ3) is 6.73. The van der Waals surface area contributed by atoms with Gasteiger partial charge in [0.25, 0.3) is 5.91 Å². The summed E-state index contributed by atoms with van der Waals surface area (Å²) in [6.45, 7) is 6.22. The number of aliphatic imine (C=N–C) groups is 1. The fourth-order valence-corrected chi connectivity index (χ4v) is 6.04. The van der Waals surface area contributed by atoms with Gasteiger partial charge < -0.3 is 20.7 Å². The largest absolute Gasteiger partial charge is 0.440 e. The molecule has 0 bridgehead atoms. The van der Waals surface area contributed by atoms with Crippen LogP contribution < -0.4 is 20.7 Å². The van der Waals surface area contributed by atoms with Crippen molar-refractivity contribution in [1.29, 1.82) is 0 Å². The van der Waals surface area contributed by atoms with Gasteiger partial charge in [-0.15, -0.1) is 0 Å². The van der Waals surface area contributed by atoms with Crippen molar-refractivity contribution >= 4 is 38.8 Å². The Bertz CT molecular complexity index is 1460. The van der Waals surface area contributed by atoms with Crippen molar-refractivity contribution in [3.63, 3.8) is 0 Å². The lowest BCUT2D eigenvalue weighted by Crippen LogP contribution is -2.52. The van der Waals surface area contributed by atoms with Crippen LogP contribution in [0.15, 0.2) is 52.5 Å². The molecule has 0 radical (unpaired) electrons. The Labute approximate surface area is 227 Å². The molecule has 208 valence electrons. The van der Waals surface area contributed by atoms with Gasteiger partial charge in [-0.25, -0.2) is 8.42 Å². The number of aryl methyl sites for hydroxylation is 2. The van der Waals surface area contributed by atoms with Gasteiger partial charge in [-0.2, -0.15) is 9.82 Å². The normalized spacial score (nSPS) is 14.8. The molecule has 4 rings (SSSR count). The Morgan fingerprint density at radius 3 is 2.56 bits per heavy atom. The highest BCUT2D eigenvalue weighted by molar-refractivity contribution is 7.89. The molecule has 0 saturated carbocycles. The summed E-state index contributed by atoms with van der Waals surface area (Å²) >= 11 is 0. The number of fused-ring (bicyclic) bond motifs is 1. The minimum absolute atomic E-state index is 0.0732. The van der Waals surface area contributed by atoms with E-state index in [1.807, 2.05) is 6.92 Å². The maximum atomic E-state index is 13.4. The third-order valence-corrected chi connectivity index (χ3v) is 8.00. The maximum absolute atomic E-state index is 13.4. The lowest BCUT2D eigenvalue weighted by Gasteiger charge is -2.24. The highest BCUT2D eigenvalue weighted by Crippen LogP contribution is 2.20. The number of nitrogens with one attached hydrogen (secondary N) is 5. The summed E-state index contributed by atoms with van der Waals surface area (Å²) in [6.07, 6.45) is 2.02. The van der Waals surface area contributed by atoms with Crippen LogP contribution in [0.1, 0.15) is 41.3 Å². The van der Waals surface area contributed by atoms with Crippen molar-refractivity contribution in [3.05, 3.63) is 59.3 Å². The van der Waals surface area contributed by atoms with Crippen molar-refractivity contribution in [2.45, 2.75) is 50.8 Å². The van der Waals surface area contributed by atoms with Crippen molar-refractivity contribution in [1.82, 2.24) is 30.9 Å². The van der Waals surface area contributed by atoms with E-state index in [0.717, 1.165) is 5.39 Å². The second kappa shape index (κ2) is 12.3. The Morgan fingerprint density at radius 1 is 1.13 bits per heavy atom. The number of hydrogen-bond donors (Lipinski definition) is 5. The number of nitrogens with zero attached hydrogens (tertiary/aromatic N) is 2. The number of aromatic nitrogens is 2. The number of guanidine groups is 1. The molecule has 1 amide bonds. The minimum atomic E-state index is -4.15. The van der Waals surface area contributed by atoms with Crippen molar-refractivity contribution < 1.29 is 22.7 Å². The Hall–Kier alpha value is -3.97. The molecule has 12 nitrogen and oxygen atoms in total. The van der Waals surface area contributed by atoms with Gasteiger partial charge in [0.15, 0.2) is 12.2 Å². The van der Waals surface area contributed by atoms with Crippen LogP contribution in [0.3, 0.4) is 0 Å². The second-order valence-corrected chi connectivity index (χ2v) is 10.9. The lowest BCUT2D eigenvalue weighted by atomic mass is 10.1. The number of para-hydroxylation sites is 1. The van der Waals surface area contributed by atoms with Crippen LogP contribution in [0.25, 0.3) is 10.9 Å². The molecule has 2 heterocycles. The quantitative estimate of drug-likeness (QED) is 0.175. The fraction of sp³-hybridized carbons (Fsp3) is 0.385. The van der Waals surface area contributed by atoms with Crippen molar-refractivity contribution in [3.8, 4) is 0 Å². The number of carbonyl (C=O) groups excluding carboxylic acids is 2. The maximum Gasteiger partial charge on any atom is 0.327 e. The van der Waals surface area contributed by atoms with E-state index in [1.54, 1.807) is 56.4 Å². The van der Waals surface area contributed by atoms with E-state index in [9.17, 15) is 18.0 Å². The van der Waals surface area contributed by atoms with Gasteiger partial charge in [0.05, 0.1) is 28.7 Å². The molecular weight excluding hydrogens is 522 g/mol. The highest BCUT2D eigenvalue weighted by atomic mass is 32.2. The molecular formula is C26H33N7O5S. The van der Waals surface area contributed by atoms with Crippen LogP contribution in [-0.4, -0.2) is 68.4 Å². The van der Waals surface area contributed by atoms with Gasteiger partial charge >= 0.3 is 5.97 Å². The molecule has 39 heavy (non-hydrogen) atoms. The number of hydrogen-bond acceptors (Lipinski definition) is 9. The van der Waals surface area contributed by atoms with E-state index in [1.165, 1.54) is 0 Å². The number of ether oxygens (including phenoxy) is 1. The standard InChI is InChI=1S/C26H33N7O5S/c1-4-7-21(31-26-27-12-13-28-26)38-25(35)20(33-39(36,37)23-16(2)8-5-9-17(23)3)15-29-24(34)19-11-6-10-18-14-30-32-22(18)19/h5-6,8-11,14,20-21,33H,4,7,12-13,15H2,1-3H3,(H,29,34)(H,30,32)(H2,27,28,31). The molecule has 5 N–H and O–H groups in total. The van der Waals surface area contributed by atoms with Gasteiger partial charge in [0, 0.05) is 24.9 Å². The first-order valence-electron chi connectivity index (χ1n) is 12.7. The van der Waals surface area contributed by atoms with Crippen LogP contribution in [-0.2, 0) is 19.6 Å². The zero-order valence-corrected chi connectivity index (χ0v) is 22.9. The van der Waals surface area contributed by atoms with E-state index in [2.05, 4.69) is 35.9 Å². The predicted molar refractivity (Wildman–Crippen MR) is 147 cm³/mol. The lowest BCUT2D eigenvalue weighted by molar-refractivity contribution is -0.152. The first kappa shape index (κ1) is 28.0. The number of benzene rings is 2. The fourth-order valence-electron chi connectivity index (χ4n) is 4.38. The van der Waals surface area contributed by atoms with Gasteiger partial charge in [-0.1, -0.05) is 43.7 Å². The average Bonchev–Trinajstić information content (AvgIpc) is 3.58.